The summed E-state index contributed by atoms with van der Waals surface area (Å²) in [7, 11) is 1.59. The molecule has 1 aromatic heterocycles. The number of pyridine rings is 1. The van der Waals surface area contributed by atoms with Gasteiger partial charge in [-0.2, -0.15) is 0 Å². The van der Waals surface area contributed by atoms with Crippen molar-refractivity contribution in [3.8, 4) is 0 Å². The standard InChI is InChI=1S/C20H27N3O3/c1-26-18-17(14-6-10-21-11-7-14)23(20(18)25)16-8-12-22(13-9-16)19(24)15-4-2-3-5-15/h6-7,10-11,15-18H,2-5,8-9,12-13H2,1H3/t17-,18+/m0/s1. The lowest BCUT2D eigenvalue weighted by atomic mass is 9.86. The SMILES string of the molecule is CO[C@H]1C(=O)N(C2CCN(C(=O)C3CCCC3)CC2)[C@H]1c1ccncc1. The van der Waals surface area contributed by atoms with Gasteiger partial charge in [-0.3, -0.25) is 14.6 Å². The number of carbonyl (C=O) groups is 2. The van der Waals surface area contributed by atoms with Gasteiger partial charge < -0.3 is 14.5 Å². The van der Waals surface area contributed by atoms with Gasteiger partial charge >= 0.3 is 0 Å². The zero-order chi connectivity index (χ0) is 18.1. The second-order valence-corrected chi connectivity index (χ2v) is 7.67. The lowest BCUT2D eigenvalue weighted by Crippen LogP contribution is -2.64. The number of rotatable bonds is 4. The molecule has 0 N–H and O–H groups in total. The number of ether oxygens (including phenoxy) is 1. The Kier molecular flexibility index (Phi) is 4.94. The van der Waals surface area contributed by atoms with Crippen LogP contribution in [0, 0.1) is 5.92 Å². The van der Waals surface area contributed by atoms with E-state index in [1.165, 1.54) is 12.8 Å². The maximum atomic E-state index is 12.6. The molecule has 2 amide bonds. The molecule has 26 heavy (non-hydrogen) atoms. The molecule has 3 heterocycles. The first-order chi connectivity index (χ1) is 12.7. The molecule has 3 fully saturated rings. The monoisotopic (exact) mass is 357 g/mol. The number of hydrogen-bond donors (Lipinski definition) is 0. The number of nitrogens with zero attached hydrogens (tertiary/aromatic N) is 3. The summed E-state index contributed by atoms with van der Waals surface area (Å²) >= 11 is 0. The van der Waals surface area contributed by atoms with Gasteiger partial charge in [0.05, 0.1) is 6.04 Å². The molecule has 1 aromatic rings. The van der Waals surface area contributed by atoms with Gasteiger partial charge in [0.1, 0.15) is 0 Å². The summed E-state index contributed by atoms with van der Waals surface area (Å²) < 4.78 is 5.44. The van der Waals surface area contributed by atoms with Crippen LogP contribution in [0.4, 0.5) is 0 Å². The first-order valence-corrected chi connectivity index (χ1v) is 9.74. The molecule has 6 nitrogen and oxygen atoms in total. The smallest absolute Gasteiger partial charge is 0.255 e. The van der Waals surface area contributed by atoms with E-state index in [-0.39, 0.29) is 23.9 Å². The van der Waals surface area contributed by atoms with Gasteiger partial charge in [0.15, 0.2) is 6.10 Å². The molecule has 1 aliphatic carbocycles. The van der Waals surface area contributed by atoms with E-state index in [0.29, 0.717) is 5.91 Å². The molecule has 1 saturated carbocycles. The van der Waals surface area contributed by atoms with Crippen molar-refractivity contribution in [1.29, 1.82) is 0 Å². The van der Waals surface area contributed by atoms with E-state index >= 15 is 0 Å². The highest BCUT2D eigenvalue weighted by Crippen LogP contribution is 2.40. The van der Waals surface area contributed by atoms with Crippen LogP contribution in [0.15, 0.2) is 24.5 Å². The van der Waals surface area contributed by atoms with Crippen molar-refractivity contribution in [3.05, 3.63) is 30.1 Å². The predicted octanol–water partition coefficient (Wildman–Crippen LogP) is 2.16. The number of β-lactam (4-membered cyclic amide) rings is 1. The van der Waals surface area contributed by atoms with E-state index in [2.05, 4.69) is 4.98 Å². The van der Waals surface area contributed by atoms with Gasteiger partial charge in [0.25, 0.3) is 5.91 Å². The summed E-state index contributed by atoms with van der Waals surface area (Å²) in [4.78, 5) is 33.3. The van der Waals surface area contributed by atoms with Gasteiger partial charge in [-0.25, -0.2) is 0 Å². The highest BCUT2D eigenvalue weighted by atomic mass is 16.5. The third-order valence-corrected chi connectivity index (χ3v) is 6.26. The fraction of sp³-hybridized carbons (Fsp3) is 0.650. The molecule has 2 saturated heterocycles. The Morgan fingerprint density at radius 2 is 1.77 bits per heavy atom. The fourth-order valence-corrected chi connectivity index (χ4v) is 4.81. The molecular weight excluding hydrogens is 330 g/mol. The Morgan fingerprint density at radius 3 is 2.38 bits per heavy atom. The molecule has 0 aromatic carbocycles. The van der Waals surface area contributed by atoms with Gasteiger partial charge in [-0.1, -0.05) is 12.8 Å². The number of hydrogen-bond acceptors (Lipinski definition) is 4. The van der Waals surface area contributed by atoms with Crippen molar-refractivity contribution in [2.24, 2.45) is 5.92 Å². The van der Waals surface area contributed by atoms with Gasteiger partial charge in [-0.05, 0) is 43.4 Å². The van der Waals surface area contributed by atoms with Crippen LogP contribution in [0.3, 0.4) is 0 Å². The van der Waals surface area contributed by atoms with Crippen molar-refractivity contribution in [2.75, 3.05) is 20.2 Å². The molecule has 2 aliphatic heterocycles. The van der Waals surface area contributed by atoms with Crippen molar-refractivity contribution in [1.82, 2.24) is 14.8 Å². The van der Waals surface area contributed by atoms with Crippen molar-refractivity contribution in [2.45, 2.75) is 56.7 Å². The molecule has 0 unspecified atom stereocenters. The zero-order valence-corrected chi connectivity index (χ0v) is 15.3. The van der Waals surface area contributed by atoms with E-state index in [0.717, 1.165) is 44.3 Å². The summed E-state index contributed by atoms with van der Waals surface area (Å²) in [5.74, 6) is 0.630. The van der Waals surface area contributed by atoms with Gasteiger partial charge in [-0.15, -0.1) is 0 Å². The second-order valence-electron chi connectivity index (χ2n) is 7.67. The first kappa shape index (κ1) is 17.5. The highest BCUT2D eigenvalue weighted by molar-refractivity contribution is 5.89. The molecule has 6 heteroatoms. The van der Waals surface area contributed by atoms with Crippen molar-refractivity contribution in [3.63, 3.8) is 0 Å². The number of piperidine rings is 1. The minimum atomic E-state index is -0.407. The number of carbonyl (C=O) groups excluding carboxylic acids is 2. The quantitative estimate of drug-likeness (QED) is 0.775. The summed E-state index contributed by atoms with van der Waals surface area (Å²) in [5.41, 5.74) is 1.07. The lowest BCUT2D eigenvalue weighted by molar-refractivity contribution is -0.179. The summed E-state index contributed by atoms with van der Waals surface area (Å²) in [6.07, 6.45) is 9.26. The molecule has 0 bridgehead atoms. The highest BCUT2D eigenvalue weighted by Gasteiger charge is 2.51. The molecule has 4 rings (SSSR count). The Morgan fingerprint density at radius 1 is 1.12 bits per heavy atom. The van der Waals surface area contributed by atoms with Crippen LogP contribution in [0.25, 0.3) is 0 Å². The van der Waals surface area contributed by atoms with Crippen molar-refractivity contribution >= 4 is 11.8 Å². The number of amides is 2. The summed E-state index contributed by atoms with van der Waals surface area (Å²) in [6, 6.07) is 4.04. The molecular formula is C20H27N3O3. The maximum absolute atomic E-state index is 12.6. The average Bonchev–Trinajstić information content (AvgIpc) is 3.22. The molecule has 0 radical (unpaired) electrons. The number of likely N-dealkylation sites (tertiary alicyclic amines) is 2. The van der Waals surface area contributed by atoms with E-state index in [4.69, 9.17) is 4.74 Å². The van der Waals surface area contributed by atoms with Crippen LogP contribution >= 0.6 is 0 Å². The van der Waals surface area contributed by atoms with Crippen LogP contribution in [0.2, 0.25) is 0 Å². The third kappa shape index (κ3) is 3.00. The molecule has 140 valence electrons. The average molecular weight is 357 g/mol. The van der Waals surface area contributed by atoms with Crippen LogP contribution in [0.5, 0.6) is 0 Å². The first-order valence-electron chi connectivity index (χ1n) is 9.74. The zero-order valence-electron chi connectivity index (χ0n) is 15.3. The van der Waals surface area contributed by atoms with Crippen LogP contribution in [-0.2, 0) is 14.3 Å². The Hall–Kier alpha value is -1.95. The minimum absolute atomic E-state index is 0.0439. The number of methoxy groups -OCH3 is 1. The topological polar surface area (TPSA) is 62.7 Å². The van der Waals surface area contributed by atoms with E-state index in [1.807, 2.05) is 21.9 Å². The van der Waals surface area contributed by atoms with Crippen LogP contribution < -0.4 is 0 Å². The van der Waals surface area contributed by atoms with Gasteiger partial charge in [0.2, 0.25) is 5.91 Å². The van der Waals surface area contributed by atoms with Crippen molar-refractivity contribution < 1.29 is 14.3 Å². The van der Waals surface area contributed by atoms with Gasteiger partial charge in [0, 0.05) is 44.6 Å². The Labute approximate surface area is 154 Å². The van der Waals surface area contributed by atoms with Crippen LogP contribution in [-0.4, -0.2) is 58.9 Å². The number of aromatic nitrogens is 1. The molecule has 0 spiro atoms. The maximum Gasteiger partial charge on any atom is 0.255 e. The van der Waals surface area contributed by atoms with E-state index < -0.39 is 6.10 Å². The third-order valence-electron chi connectivity index (χ3n) is 6.26. The Bertz CT molecular complexity index is 652. The van der Waals surface area contributed by atoms with Crippen LogP contribution in [0.1, 0.15) is 50.1 Å². The molecule has 2 atom stereocenters. The normalized spacial score (nSPS) is 27.7. The lowest BCUT2D eigenvalue weighted by Gasteiger charge is -2.52. The second kappa shape index (κ2) is 7.35. The van der Waals surface area contributed by atoms with E-state index in [1.54, 1.807) is 19.5 Å². The Balaban J connectivity index is 1.41. The minimum Gasteiger partial charge on any atom is -0.369 e. The molecule has 3 aliphatic rings. The predicted molar refractivity (Wildman–Crippen MR) is 96.2 cm³/mol. The van der Waals surface area contributed by atoms with E-state index in [9.17, 15) is 9.59 Å². The fourth-order valence-electron chi connectivity index (χ4n) is 4.81. The summed E-state index contributed by atoms with van der Waals surface area (Å²) in [5, 5.41) is 0. The summed E-state index contributed by atoms with van der Waals surface area (Å²) in [6.45, 7) is 1.51. The largest absolute Gasteiger partial charge is 0.369 e.